The number of rotatable bonds is 9. The summed E-state index contributed by atoms with van der Waals surface area (Å²) in [5.74, 6) is 2.90. The molecule has 1 heterocycles. The zero-order valence-electron chi connectivity index (χ0n) is 18.1. The first-order valence-electron chi connectivity index (χ1n) is 10.1. The molecular weight excluding hydrogens is 384 g/mol. The number of carbonyl (C=O) groups is 1. The number of benzene rings is 2. The van der Waals surface area contributed by atoms with Crippen LogP contribution in [0.4, 0.5) is 5.69 Å². The van der Waals surface area contributed by atoms with Gasteiger partial charge in [-0.1, -0.05) is 0 Å². The molecule has 0 fully saturated rings. The fourth-order valence-corrected chi connectivity index (χ4v) is 3.70. The van der Waals surface area contributed by atoms with Gasteiger partial charge in [0.05, 0.1) is 34.9 Å². The third-order valence-electron chi connectivity index (χ3n) is 5.37. The predicted octanol–water partition coefficient (Wildman–Crippen LogP) is 3.15. The monoisotopic (exact) mass is 414 g/mol. The van der Waals surface area contributed by atoms with Gasteiger partial charge in [0.15, 0.2) is 23.0 Å². The Morgan fingerprint density at radius 3 is 2.17 bits per heavy atom. The standard InChI is InChI=1S/C23H30N2O5/c1-27-19-7-6-18(15-22(19)30-4)24-9-5-10-25-11-8-16-12-20(28-2)21(29-3)13-17(16)14-23(25)26/h6-7,12-13,15,24H,5,8-11,14H2,1-4H3. The Kier molecular flexibility index (Phi) is 7.27. The smallest absolute Gasteiger partial charge is 0.227 e. The quantitative estimate of drug-likeness (QED) is 0.636. The fraction of sp³-hybridized carbons (Fsp3) is 0.435. The Labute approximate surface area is 177 Å². The molecule has 30 heavy (non-hydrogen) atoms. The van der Waals surface area contributed by atoms with Gasteiger partial charge in [0.2, 0.25) is 5.91 Å². The molecule has 162 valence electrons. The van der Waals surface area contributed by atoms with Crippen LogP contribution < -0.4 is 24.3 Å². The molecule has 0 spiro atoms. The van der Waals surface area contributed by atoms with Gasteiger partial charge in [0.25, 0.3) is 0 Å². The van der Waals surface area contributed by atoms with E-state index < -0.39 is 0 Å². The van der Waals surface area contributed by atoms with Gasteiger partial charge in [0, 0.05) is 31.4 Å². The zero-order valence-corrected chi connectivity index (χ0v) is 18.1. The van der Waals surface area contributed by atoms with Crippen molar-refractivity contribution in [3.8, 4) is 23.0 Å². The average molecular weight is 415 g/mol. The van der Waals surface area contributed by atoms with Crippen LogP contribution in [0.15, 0.2) is 30.3 Å². The van der Waals surface area contributed by atoms with Gasteiger partial charge < -0.3 is 29.2 Å². The van der Waals surface area contributed by atoms with Crippen LogP contribution in [0.2, 0.25) is 0 Å². The molecule has 1 aliphatic heterocycles. The molecule has 0 unspecified atom stereocenters. The molecule has 3 rings (SSSR count). The van der Waals surface area contributed by atoms with Crippen LogP contribution in [0, 0.1) is 0 Å². The third kappa shape index (κ3) is 4.90. The summed E-state index contributed by atoms with van der Waals surface area (Å²) in [6.07, 6.45) is 2.05. The first-order valence-corrected chi connectivity index (χ1v) is 10.1. The lowest BCUT2D eigenvalue weighted by molar-refractivity contribution is -0.130. The summed E-state index contributed by atoms with van der Waals surface area (Å²) < 4.78 is 21.4. The van der Waals surface area contributed by atoms with E-state index in [0.29, 0.717) is 42.5 Å². The van der Waals surface area contributed by atoms with Crippen LogP contribution in [0.25, 0.3) is 0 Å². The van der Waals surface area contributed by atoms with Crippen LogP contribution in [0.5, 0.6) is 23.0 Å². The van der Waals surface area contributed by atoms with E-state index in [-0.39, 0.29) is 5.91 Å². The van der Waals surface area contributed by atoms with E-state index in [1.165, 1.54) is 0 Å². The molecule has 1 aliphatic rings. The summed E-state index contributed by atoms with van der Waals surface area (Å²) in [6, 6.07) is 9.65. The van der Waals surface area contributed by atoms with Crippen molar-refractivity contribution in [3.63, 3.8) is 0 Å². The topological polar surface area (TPSA) is 69.3 Å². The number of hydrogen-bond acceptors (Lipinski definition) is 6. The van der Waals surface area contributed by atoms with Gasteiger partial charge in [-0.05, 0) is 48.2 Å². The van der Waals surface area contributed by atoms with E-state index in [0.717, 1.165) is 36.2 Å². The van der Waals surface area contributed by atoms with Gasteiger partial charge in [-0.15, -0.1) is 0 Å². The number of carbonyl (C=O) groups excluding carboxylic acids is 1. The van der Waals surface area contributed by atoms with Gasteiger partial charge in [-0.25, -0.2) is 0 Å². The molecule has 2 aromatic carbocycles. The highest BCUT2D eigenvalue weighted by Gasteiger charge is 2.22. The molecule has 0 bridgehead atoms. The molecule has 0 saturated heterocycles. The van der Waals surface area contributed by atoms with Gasteiger partial charge in [-0.3, -0.25) is 4.79 Å². The molecule has 1 amide bonds. The number of methoxy groups -OCH3 is 4. The number of nitrogens with one attached hydrogen (secondary N) is 1. The minimum Gasteiger partial charge on any atom is -0.493 e. The zero-order chi connectivity index (χ0) is 21.5. The average Bonchev–Trinajstić information content (AvgIpc) is 2.93. The molecule has 0 saturated carbocycles. The summed E-state index contributed by atoms with van der Waals surface area (Å²) >= 11 is 0. The molecule has 1 N–H and O–H groups in total. The van der Waals surface area contributed by atoms with Crippen LogP contribution in [-0.2, 0) is 17.6 Å². The minimum absolute atomic E-state index is 0.145. The van der Waals surface area contributed by atoms with Crippen molar-refractivity contribution < 1.29 is 23.7 Å². The van der Waals surface area contributed by atoms with Crippen molar-refractivity contribution in [1.82, 2.24) is 4.90 Å². The maximum Gasteiger partial charge on any atom is 0.227 e. The first-order chi connectivity index (χ1) is 14.6. The summed E-state index contributed by atoms with van der Waals surface area (Å²) in [4.78, 5) is 14.7. The van der Waals surface area contributed by atoms with E-state index in [2.05, 4.69) is 5.32 Å². The lowest BCUT2D eigenvalue weighted by Crippen LogP contribution is -2.33. The van der Waals surface area contributed by atoms with E-state index in [4.69, 9.17) is 18.9 Å². The van der Waals surface area contributed by atoms with Gasteiger partial charge in [-0.2, -0.15) is 0 Å². The fourth-order valence-electron chi connectivity index (χ4n) is 3.70. The molecule has 2 aromatic rings. The Morgan fingerprint density at radius 2 is 1.50 bits per heavy atom. The number of anilines is 1. The SMILES string of the molecule is COc1ccc(NCCCN2CCc3cc(OC)c(OC)cc3CC2=O)cc1OC. The Bertz CT molecular complexity index is 884. The summed E-state index contributed by atoms with van der Waals surface area (Å²) in [7, 11) is 6.48. The first kappa shape index (κ1) is 21.6. The van der Waals surface area contributed by atoms with Crippen molar-refractivity contribution in [3.05, 3.63) is 41.5 Å². The third-order valence-corrected chi connectivity index (χ3v) is 5.37. The molecular formula is C23H30N2O5. The van der Waals surface area contributed by atoms with E-state index in [9.17, 15) is 4.79 Å². The predicted molar refractivity (Wildman–Crippen MR) is 116 cm³/mol. The number of hydrogen-bond donors (Lipinski definition) is 1. The number of fused-ring (bicyclic) bond motifs is 1. The second-order valence-corrected chi connectivity index (χ2v) is 7.13. The summed E-state index contributed by atoms with van der Waals surface area (Å²) in [5, 5.41) is 3.38. The lowest BCUT2D eigenvalue weighted by Gasteiger charge is -2.20. The van der Waals surface area contributed by atoms with E-state index in [1.807, 2.05) is 35.2 Å². The van der Waals surface area contributed by atoms with Crippen LogP contribution in [0.3, 0.4) is 0 Å². The lowest BCUT2D eigenvalue weighted by atomic mass is 10.0. The summed E-state index contributed by atoms with van der Waals surface area (Å²) in [5.41, 5.74) is 3.12. The maximum absolute atomic E-state index is 12.8. The van der Waals surface area contributed by atoms with Crippen molar-refractivity contribution in [2.24, 2.45) is 0 Å². The molecule has 0 radical (unpaired) electrons. The van der Waals surface area contributed by atoms with Crippen molar-refractivity contribution in [2.45, 2.75) is 19.3 Å². The van der Waals surface area contributed by atoms with E-state index in [1.54, 1.807) is 28.4 Å². The molecule has 7 heteroatoms. The van der Waals surface area contributed by atoms with Gasteiger partial charge in [0.1, 0.15) is 0 Å². The Balaban J connectivity index is 1.55. The van der Waals surface area contributed by atoms with Crippen LogP contribution in [0.1, 0.15) is 17.5 Å². The largest absolute Gasteiger partial charge is 0.493 e. The van der Waals surface area contributed by atoms with E-state index >= 15 is 0 Å². The Morgan fingerprint density at radius 1 is 0.867 bits per heavy atom. The second kappa shape index (κ2) is 10.1. The number of ether oxygens (including phenoxy) is 4. The highest BCUT2D eigenvalue weighted by Crippen LogP contribution is 2.32. The molecule has 0 aromatic heterocycles. The normalized spacial score (nSPS) is 13.3. The minimum atomic E-state index is 0.145. The second-order valence-electron chi connectivity index (χ2n) is 7.13. The van der Waals surface area contributed by atoms with Crippen LogP contribution >= 0.6 is 0 Å². The maximum atomic E-state index is 12.8. The molecule has 0 atom stereocenters. The van der Waals surface area contributed by atoms with Crippen molar-refractivity contribution in [1.29, 1.82) is 0 Å². The Hall–Kier alpha value is -3.09. The van der Waals surface area contributed by atoms with Crippen LogP contribution in [-0.4, -0.2) is 58.9 Å². The number of nitrogens with zero attached hydrogens (tertiary/aromatic N) is 1. The van der Waals surface area contributed by atoms with Gasteiger partial charge >= 0.3 is 0 Å². The van der Waals surface area contributed by atoms with Crippen molar-refractivity contribution >= 4 is 11.6 Å². The number of amides is 1. The summed E-state index contributed by atoms with van der Waals surface area (Å²) in [6.45, 7) is 2.17. The highest BCUT2D eigenvalue weighted by molar-refractivity contribution is 5.80. The highest BCUT2D eigenvalue weighted by atomic mass is 16.5. The van der Waals surface area contributed by atoms with Crippen molar-refractivity contribution in [2.75, 3.05) is 53.4 Å². The molecule has 7 nitrogen and oxygen atoms in total. The molecule has 0 aliphatic carbocycles.